The Morgan fingerprint density at radius 2 is 2.25 bits per heavy atom. The van der Waals surface area contributed by atoms with E-state index in [4.69, 9.17) is 14.3 Å². The first-order chi connectivity index (χ1) is 9.72. The van der Waals surface area contributed by atoms with Crippen molar-refractivity contribution >= 4 is 6.03 Å². The standard InChI is InChI=1S/C14H22N2O4/c1-4-6-20-16-12-8-11(5-7-18-2)13(10-19-3)15(9-12)14(16)17/h4,8,12-13H,1,5-7,9-10H2,2-3H3/t12-,13-/m1/s1. The van der Waals surface area contributed by atoms with E-state index in [-0.39, 0.29) is 18.1 Å². The Morgan fingerprint density at radius 3 is 2.90 bits per heavy atom. The van der Waals surface area contributed by atoms with E-state index in [9.17, 15) is 4.79 Å². The van der Waals surface area contributed by atoms with Gasteiger partial charge in [0.15, 0.2) is 0 Å². The molecule has 2 aliphatic heterocycles. The SMILES string of the molecule is C=CCON1C(=O)N2C[C@H]1C=C(CCOC)[C@H]2COC. The molecular weight excluding hydrogens is 260 g/mol. The first-order valence-corrected chi connectivity index (χ1v) is 6.75. The number of carbonyl (C=O) groups is 1. The van der Waals surface area contributed by atoms with Gasteiger partial charge in [0, 0.05) is 27.4 Å². The molecule has 2 atom stereocenters. The number of fused-ring (bicyclic) bond motifs is 2. The Bertz CT molecular complexity index is 397. The highest BCUT2D eigenvalue weighted by molar-refractivity contribution is 5.78. The zero-order valence-corrected chi connectivity index (χ0v) is 12.1. The van der Waals surface area contributed by atoms with E-state index < -0.39 is 0 Å². The van der Waals surface area contributed by atoms with Crippen LogP contribution in [0.1, 0.15) is 6.42 Å². The molecule has 2 amide bonds. The van der Waals surface area contributed by atoms with E-state index in [0.717, 1.165) is 6.42 Å². The average molecular weight is 282 g/mol. The molecule has 1 fully saturated rings. The highest BCUT2D eigenvalue weighted by Gasteiger charge is 2.45. The minimum absolute atomic E-state index is 0.0313. The Hall–Kier alpha value is -1.37. The largest absolute Gasteiger partial charge is 0.384 e. The molecular formula is C14H22N2O4. The van der Waals surface area contributed by atoms with E-state index in [1.807, 2.05) is 4.90 Å². The van der Waals surface area contributed by atoms with Crippen molar-refractivity contribution < 1.29 is 19.1 Å². The Morgan fingerprint density at radius 1 is 1.45 bits per heavy atom. The fourth-order valence-electron chi connectivity index (χ4n) is 2.67. The lowest BCUT2D eigenvalue weighted by Gasteiger charge is -2.31. The molecule has 2 rings (SSSR count). The summed E-state index contributed by atoms with van der Waals surface area (Å²) in [7, 11) is 3.32. The van der Waals surface area contributed by atoms with Crippen molar-refractivity contribution in [2.75, 3.05) is 40.6 Å². The van der Waals surface area contributed by atoms with E-state index in [0.29, 0.717) is 26.4 Å². The number of ether oxygens (including phenoxy) is 2. The van der Waals surface area contributed by atoms with E-state index in [1.54, 1.807) is 20.3 Å². The van der Waals surface area contributed by atoms with Gasteiger partial charge in [0.2, 0.25) is 0 Å². The molecule has 1 saturated heterocycles. The number of urea groups is 1. The summed E-state index contributed by atoms with van der Waals surface area (Å²) in [5.41, 5.74) is 1.17. The van der Waals surface area contributed by atoms with Gasteiger partial charge >= 0.3 is 6.03 Å². The fourth-order valence-corrected chi connectivity index (χ4v) is 2.67. The molecule has 0 aromatic heterocycles. The molecule has 6 nitrogen and oxygen atoms in total. The number of hydrogen-bond donors (Lipinski definition) is 0. The van der Waals surface area contributed by atoms with Gasteiger partial charge in [-0.1, -0.05) is 12.2 Å². The topological polar surface area (TPSA) is 51.2 Å². The second-order valence-corrected chi connectivity index (χ2v) is 4.87. The Balaban J connectivity index is 2.15. The maximum absolute atomic E-state index is 12.4. The summed E-state index contributed by atoms with van der Waals surface area (Å²) >= 11 is 0. The third-order valence-electron chi connectivity index (χ3n) is 3.58. The molecule has 2 aliphatic rings. The van der Waals surface area contributed by atoms with Gasteiger partial charge in [-0.25, -0.2) is 4.79 Å². The summed E-state index contributed by atoms with van der Waals surface area (Å²) in [5, 5.41) is 1.43. The lowest BCUT2D eigenvalue weighted by Crippen LogP contribution is -2.43. The molecule has 20 heavy (non-hydrogen) atoms. The predicted octanol–water partition coefficient (Wildman–Crippen LogP) is 1.20. The first kappa shape index (κ1) is 15.0. The van der Waals surface area contributed by atoms with Crippen LogP contribution < -0.4 is 0 Å². The minimum Gasteiger partial charge on any atom is -0.384 e. The zero-order valence-electron chi connectivity index (χ0n) is 12.1. The average Bonchev–Trinajstić information content (AvgIpc) is 2.71. The van der Waals surface area contributed by atoms with Crippen LogP contribution in [0.3, 0.4) is 0 Å². The smallest absolute Gasteiger partial charge is 0.345 e. The van der Waals surface area contributed by atoms with Crippen molar-refractivity contribution in [2.24, 2.45) is 0 Å². The van der Waals surface area contributed by atoms with Gasteiger partial charge in [-0.3, -0.25) is 4.84 Å². The third-order valence-corrected chi connectivity index (χ3v) is 3.58. The zero-order chi connectivity index (χ0) is 14.5. The van der Waals surface area contributed by atoms with Crippen LogP contribution in [-0.2, 0) is 14.3 Å². The van der Waals surface area contributed by atoms with Crippen molar-refractivity contribution in [2.45, 2.75) is 18.5 Å². The maximum atomic E-state index is 12.4. The molecule has 0 aromatic rings. The summed E-state index contributed by atoms with van der Waals surface area (Å²) in [5.74, 6) is 0. The second kappa shape index (κ2) is 6.88. The molecule has 2 heterocycles. The van der Waals surface area contributed by atoms with E-state index in [2.05, 4.69) is 12.7 Å². The molecule has 2 bridgehead atoms. The first-order valence-electron chi connectivity index (χ1n) is 6.75. The van der Waals surface area contributed by atoms with Crippen LogP contribution in [0.15, 0.2) is 24.3 Å². The van der Waals surface area contributed by atoms with Crippen LogP contribution in [0.2, 0.25) is 0 Å². The molecule has 6 heteroatoms. The number of amides is 2. The van der Waals surface area contributed by atoms with Gasteiger partial charge in [-0.05, 0) is 12.0 Å². The number of rotatable bonds is 8. The quantitative estimate of drug-likeness (QED) is 0.628. The molecule has 112 valence electrons. The van der Waals surface area contributed by atoms with Crippen LogP contribution in [0.25, 0.3) is 0 Å². The number of hydrogen-bond acceptors (Lipinski definition) is 4. The van der Waals surface area contributed by atoms with Crippen molar-refractivity contribution in [3.63, 3.8) is 0 Å². The molecule has 0 saturated carbocycles. The van der Waals surface area contributed by atoms with Crippen molar-refractivity contribution in [1.29, 1.82) is 0 Å². The summed E-state index contributed by atoms with van der Waals surface area (Å²) < 4.78 is 10.4. The number of hydroxylamine groups is 2. The fraction of sp³-hybridized carbons (Fsp3) is 0.643. The van der Waals surface area contributed by atoms with Crippen molar-refractivity contribution in [1.82, 2.24) is 9.96 Å². The van der Waals surface area contributed by atoms with Gasteiger partial charge in [-0.2, -0.15) is 5.06 Å². The summed E-state index contributed by atoms with van der Waals surface area (Å²) in [6, 6.07) is -0.179. The van der Waals surface area contributed by atoms with E-state index in [1.165, 1.54) is 10.6 Å². The Labute approximate surface area is 119 Å². The lowest BCUT2D eigenvalue weighted by molar-refractivity contribution is -0.107. The van der Waals surface area contributed by atoms with Crippen LogP contribution in [0, 0.1) is 0 Å². The van der Waals surface area contributed by atoms with Crippen molar-refractivity contribution in [3.05, 3.63) is 24.3 Å². The molecule has 0 radical (unpaired) electrons. The van der Waals surface area contributed by atoms with Crippen LogP contribution in [0.4, 0.5) is 4.79 Å². The highest BCUT2D eigenvalue weighted by Crippen LogP contribution is 2.31. The van der Waals surface area contributed by atoms with Gasteiger partial charge < -0.3 is 14.4 Å². The van der Waals surface area contributed by atoms with Crippen LogP contribution in [-0.4, -0.2) is 68.7 Å². The Kier molecular flexibility index (Phi) is 5.17. The molecule has 0 aromatic carbocycles. The monoisotopic (exact) mass is 282 g/mol. The maximum Gasteiger partial charge on any atom is 0.345 e. The second-order valence-electron chi connectivity index (χ2n) is 4.87. The normalized spacial score (nSPS) is 25.1. The number of nitrogens with zero attached hydrogens (tertiary/aromatic N) is 2. The number of methoxy groups -OCH3 is 2. The number of carbonyl (C=O) groups excluding carboxylic acids is 1. The summed E-state index contributed by atoms with van der Waals surface area (Å²) in [4.78, 5) is 19.6. The summed E-state index contributed by atoms with van der Waals surface area (Å²) in [6.07, 6.45) is 4.53. The van der Waals surface area contributed by atoms with Crippen molar-refractivity contribution in [3.8, 4) is 0 Å². The molecule has 0 N–H and O–H groups in total. The van der Waals surface area contributed by atoms with Gasteiger partial charge in [0.25, 0.3) is 0 Å². The molecule has 0 aliphatic carbocycles. The highest BCUT2D eigenvalue weighted by atomic mass is 16.7. The van der Waals surface area contributed by atoms with Gasteiger partial charge in [-0.15, -0.1) is 6.58 Å². The minimum atomic E-state index is -0.109. The van der Waals surface area contributed by atoms with Crippen LogP contribution in [0.5, 0.6) is 0 Å². The predicted molar refractivity (Wildman–Crippen MR) is 74.1 cm³/mol. The van der Waals surface area contributed by atoms with Gasteiger partial charge in [0.05, 0.1) is 25.3 Å². The third kappa shape index (κ3) is 2.87. The van der Waals surface area contributed by atoms with E-state index >= 15 is 0 Å². The molecule has 0 spiro atoms. The van der Waals surface area contributed by atoms with Gasteiger partial charge in [0.1, 0.15) is 0 Å². The summed E-state index contributed by atoms with van der Waals surface area (Å²) in [6.45, 7) is 5.69. The lowest BCUT2D eigenvalue weighted by atomic mass is 9.97. The molecule has 0 unspecified atom stereocenters. The van der Waals surface area contributed by atoms with Crippen LogP contribution >= 0.6 is 0 Å².